The van der Waals surface area contributed by atoms with Gasteiger partial charge in [0.25, 0.3) is 0 Å². The van der Waals surface area contributed by atoms with Gasteiger partial charge >= 0.3 is 0 Å². The molecule has 19 heavy (non-hydrogen) atoms. The zero-order valence-corrected chi connectivity index (χ0v) is 12.0. The highest BCUT2D eigenvalue weighted by Crippen LogP contribution is 2.20. The number of para-hydroxylation sites is 1. The summed E-state index contributed by atoms with van der Waals surface area (Å²) in [5.41, 5.74) is 2.21. The molecular weight excluding hydrogens is 236 g/mol. The minimum atomic E-state index is 0.338. The summed E-state index contributed by atoms with van der Waals surface area (Å²) in [6.07, 6.45) is 2.02. The molecule has 0 atom stereocenters. The summed E-state index contributed by atoms with van der Waals surface area (Å²) in [4.78, 5) is 11.8. The van der Waals surface area contributed by atoms with Gasteiger partial charge in [-0.05, 0) is 25.3 Å². The first-order valence-electron chi connectivity index (χ1n) is 7.08. The van der Waals surface area contributed by atoms with Gasteiger partial charge in [0.2, 0.25) is 0 Å². The summed E-state index contributed by atoms with van der Waals surface area (Å²) in [5, 5.41) is 5.81. The van der Waals surface area contributed by atoms with Crippen molar-refractivity contribution in [1.29, 1.82) is 0 Å². The lowest BCUT2D eigenvalue weighted by Crippen LogP contribution is -2.05. The number of hydrogen-bond acceptors (Lipinski definition) is 2. The highest BCUT2D eigenvalue weighted by molar-refractivity contribution is 5.83. The number of carbonyl (C=O) groups excluding carboxylic acids is 1. The average molecular weight is 258 g/mol. The highest BCUT2D eigenvalue weighted by Gasteiger charge is 2.11. The lowest BCUT2D eigenvalue weighted by Gasteiger charge is -2.02. The number of aromatic nitrogens is 2. The van der Waals surface area contributed by atoms with Gasteiger partial charge in [-0.2, -0.15) is 5.10 Å². The van der Waals surface area contributed by atoms with Crippen molar-refractivity contribution in [2.75, 3.05) is 0 Å². The molecule has 1 aromatic carbocycles. The zero-order chi connectivity index (χ0) is 13.8. The van der Waals surface area contributed by atoms with E-state index >= 15 is 0 Å². The monoisotopic (exact) mass is 258 g/mol. The molecule has 0 aliphatic carbocycles. The van der Waals surface area contributed by atoms with E-state index in [4.69, 9.17) is 0 Å². The van der Waals surface area contributed by atoms with Crippen LogP contribution in [0.5, 0.6) is 0 Å². The maximum absolute atomic E-state index is 11.8. The van der Waals surface area contributed by atoms with Crippen molar-refractivity contribution >= 4 is 16.7 Å². The topological polar surface area (TPSA) is 34.9 Å². The minimum Gasteiger partial charge on any atom is -0.300 e. The Labute approximate surface area is 114 Å². The van der Waals surface area contributed by atoms with Crippen LogP contribution in [-0.2, 0) is 17.8 Å². The van der Waals surface area contributed by atoms with Gasteiger partial charge in [-0.3, -0.25) is 9.48 Å². The van der Waals surface area contributed by atoms with Gasteiger partial charge in [-0.25, -0.2) is 0 Å². The predicted molar refractivity (Wildman–Crippen MR) is 78.2 cm³/mol. The second-order valence-corrected chi connectivity index (χ2v) is 5.42. The van der Waals surface area contributed by atoms with E-state index in [0.29, 0.717) is 24.5 Å². The lowest BCUT2D eigenvalue weighted by molar-refractivity contribution is -0.119. The second kappa shape index (κ2) is 6.00. The van der Waals surface area contributed by atoms with Crippen LogP contribution in [0.4, 0.5) is 0 Å². The Morgan fingerprint density at radius 1 is 1.32 bits per heavy atom. The fourth-order valence-electron chi connectivity index (χ4n) is 2.44. The molecule has 2 rings (SSSR count). The molecule has 0 bridgehead atoms. The Hall–Kier alpha value is -1.64. The lowest BCUT2D eigenvalue weighted by atomic mass is 10.0. The predicted octanol–water partition coefficient (Wildman–Crippen LogP) is 3.60. The first kappa shape index (κ1) is 13.8. The molecule has 1 aromatic heterocycles. The molecule has 0 aliphatic heterocycles. The quantitative estimate of drug-likeness (QED) is 0.793. The Kier molecular flexibility index (Phi) is 4.35. The molecule has 1 heterocycles. The number of ketones is 1. The molecular formula is C16H22N2O. The molecule has 0 aliphatic rings. The summed E-state index contributed by atoms with van der Waals surface area (Å²) < 4.78 is 2.01. The van der Waals surface area contributed by atoms with Gasteiger partial charge in [-0.15, -0.1) is 0 Å². The normalized spacial score (nSPS) is 11.4. The number of hydrogen-bond donors (Lipinski definition) is 0. The molecule has 3 nitrogen and oxygen atoms in total. The number of nitrogens with zero attached hydrogens (tertiary/aromatic N) is 2. The molecule has 0 spiro atoms. The van der Waals surface area contributed by atoms with Crippen LogP contribution >= 0.6 is 0 Å². The summed E-state index contributed by atoms with van der Waals surface area (Å²) in [5.74, 6) is 0.780. The largest absolute Gasteiger partial charge is 0.300 e. The van der Waals surface area contributed by atoms with E-state index in [2.05, 4.69) is 38.0 Å². The van der Waals surface area contributed by atoms with Crippen LogP contribution < -0.4 is 0 Å². The summed E-state index contributed by atoms with van der Waals surface area (Å²) >= 11 is 0. The van der Waals surface area contributed by atoms with Crippen LogP contribution in [0.1, 0.15) is 39.3 Å². The molecule has 0 N–H and O–H groups in total. The van der Waals surface area contributed by atoms with Gasteiger partial charge in [-0.1, -0.05) is 32.0 Å². The third kappa shape index (κ3) is 3.22. The molecule has 0 saturated heterocycles. The van der Waals surface area contributed by atoms with E-state index in [1.807, 2.05) is 16.8 Å². The van der Waals surface area contributed by atoms with Crippen molar-refractivity contribution in [2.45, 2.75) is 46.6 Å². The smallest absolute Gasteiger partial charge is 0.133 e. The summed E-state index contributed by atoms with van der Waals surface area (Å²) in [6.45, 7) is 7.12. The Balaban J connectivity index is 2.15. The second-order valence-electron chi connectivity index (χ2n) is 5.42. The Morgan fingerprint density at radius 2 is 2.05 bits per heavy atom. The van der Waals surface area contributed by atoms with Gasteiger partial charge in [0.1, 0.15) is 5.78 Å². The molecule has 3 heteroatoms. The molecule has 0 unspecified atom stereocenters. The molecule has 0 fully saturated rings. The molecule has 102 valence electrons. The summed E-state index contributed by atoms with van der Waals surface area (Å²) in [7, 11) is 0. The standard InChI is InChI=1S/C16H22N2O/c1-4-18-16-8-6-5-7-14(16)15(17-18)10-9-13(19)11-12(2)3/h5-8,12H,4,9-11H2,1-3H3. The molecule has 2 aromatic rings. The number of benzene rings is 1. The number of Topliss-reactive ketones (excluding diaryl/α,β-unsaturated/α-hetero) is 1. The van der Waals surface area contributed by atoms with Crippen LogP contribution in [0, 0.1) is 5.92 Å². The number of aryl methyl sites for hydroxylation is 2. The Morgan fingerprint density at radius 3 is 2.74 bits per heavy atom. The van der Waals surface area contributed by atoms with Crippen molar-refractivity contribution < 1.29 is 4.79 Å². The Bertz CT molecular complexity index is 569. The third-order valence-corrected chi connectivity index (χ3v) is 3.31. The van der Waals surface area contributed by atoms with E-state index in [9.17, 15) is 4.79 Å². The maximum Gasteiger partial charge on any atom is 0.133 e. The minimum absolute atomic E-state index is 0.338. The van der Waals surface area contributed by atoms with E-state index < -0.39 is 0 Å². The first-order valence-corrected chi connectivity index (χ1v) is 7.08. The van der Waals surface area contributed by atoms with Crippen molar-refractivity contribution in [3.05, 3.63) is 30.0 Å². The van der Waals surface area contributed by atoms with E-state index in [0.717, 1.165) is 24.2 Å². The van der Waals surface area contributed by atoms with E-state index in [-0.39, 0.29) is 0 Å². The highest BCUT2D eigenvalue weighted by atomic mass is 16.1. The van der Waals surface area contributed by atoms with Crippen LogP contribution in [0.2, 0.25) is 0 Å². The van der Waals surface area contributed by atoms with E-state index in [1.54, 1.807) is 0 Å². The number of fused-ring (bicyclic) bond motifs is 1. The zero-order valence-electron chi connectivity index (χ0n) is 12.0. The van der Waals surface area contributed by atoms with Gasteiger partial charge < -0.3 is 0 Å². The van der Waals surface area contributed by atoms with Crippen molar-refractivity contribution in [2.24, 2.45) is 5.92 Å². The van der Waals surface area contributed by atoms with E-state index in [1.165, 1.54) is 5.39 Å². The van der Waals surface area contributed by atoms with Gasteiger partial charge in [0.05, 0.1) is 11.2 Å². The first-order chi connectivity index (χ1) is 9.11. The number of rotatable bonds is 6. The van der Waals surface area contributed by atoms with Crippen LogP contribution in [0.3, 0.4) is 0 Å². The van der Waals surface area contributed by atoms with Crippen LogP contribution in [0.15, 0.2) is 24.3 Å². The van der Waals surface area contributed by atoms with Gasteiger partial charge in [0.15, 0.2) is 0 Å². The van der Waals surface area contributed by atoms with Crippen molar-refractivity contribution in [1.82, 2.24) is 9.78 Å². The van der Waals surface area contributed by atoms with Crippen molar-refractivity contribution in [3.8, 4) is 0 Å². The van der Waals surface area contributed by atoms with Crippen LogP contribution in [-0.4, -0.2) is 15.6 Å². The fourth-order valence-corrected chi connectivity index (χ4v) is 2.44. The molecule has 0 radical (unpaired) electrons. The fraction of sp³-hybridized carbons (Fsp3) is 0.500. The molecule has 0 amide bonds. The third-order valence-electron chi connectivity index (χ3n) is 3.31. The summed E-state index contributed by atoms with van der Waals surface area (Å²) in [6, 6.07) is 8.25. The molecule has 0 saturated carbocycles. The van der Waals surface area contributed by atoms with Gasteiger partial charge in [0, 0.05) is 24.8 Å². The SMILES string of the molecule is CCn1nc(CCC(=O)CC(C)C)c2ccccc21. The van der Waals surface area contributed by atoms with Crippen LogP contribution in [0.25, 0.3) is 10.9 Å². The van der Waals surface area contributed by atoms with Crippen molar-refractivity contribution in [3.63, 3.8) is 0 Å². The number of carbonyl (C=O) groups is 1. The maximum atomic E-state index is 11.8. The average Bonchev–Trinajstić information content (AvgIpc) is 2.74.